The number of halogens is 1. The Morgan fingerprint density at radius 1 is 1.39 bits per heavy atom. The maximum absolute atomic E-state index is 12.2. The van der Waals surface area contributed by atoms with E-state index in [-0.39, 0.29) is 6.09 Å². The molecular weight excluding hydrogens is 312 g/mol. The molecule has 0 aliphatic carbocycles. The van der Waals surface area contributed by atoms with E-state index in [1.54, 1.807) is 0 Å². The predicted molar refractivity (Wildman–Crippen MR) is 95.2 cm³/mol. The lowest BCUT2D eigenvalue weighted by molar-refractivity contribution is 0.0165. The highest BCUT2D eigenvalue weighted by molar-refractivity contribution is 6.30. The SMILES string of the molecule is Cc1cc(Cl)ccc1N[C@@H]1CCN(C(=O)OC(C)(C)C)C[C@@H]1C. The largest absolute Gasteiger partial charge is 0.444 e. The highest BCUT2D eigenvalue weighted by atomic mass is 35.5. The van der Waals surface area contributed by atoms with Crippen LogP contribution in [0.4, 0.5) is 10.5 Å². The van der Waals surface area contributed by atoms with Crippen LogP contribution in [0.15, 0.2) is 18.2 Å². The Morgan fingerprint density at radius 3 is 2.65 bits per heavy atom. The molecule has 5 heteroatoms. The van der Waals surface area contributed by atoms with Crippen molar-refractivity contribution < 1.29 is 9.53 Å². The molecule has 1 heterocycles. The Morgan fingerprint density at radius 2 is 2.09 bits per heavy atom. The van der Waals surface area contributed by atoms with E-state index in [2.05, 4.69) is 19.2 Å². The second kappa shape index (κ2) is 7.00. The van der Waals surface area contributed by atoms with Crippen LogP contribution in [0.25, 0.3) is 0 Å². The molecule has 0 spiro atoms. The lowest BCUT2D eigenvalue weighted by Gasteiger charge is -2.38. The fraction of sp³-hybridized carbons (Fsp3) is 0.611. The average Bonchev–Trinajstić information content (AvgIpc) is 2.41. The number of ether oxygens (including phenoxy) is 1. The number of likely N-dealkylation sites (tertiary alicyclic amines) is 1. The van der Waals surface area contributed by atoms with Crippen LogP contribution in [-0.4, -0.2) is 35.7 Å². The fourth-order valence-corrected chi connectivity index (χ4v) is 3.07. The zero-order valence-corrected chi connectivity index (χ0v) is 15.4. The number of benzene rings is 1. The Labute approximate surface area is 144 Å². The van der Waals surface area contributed by atoms with Crippen LogP contribution in [0, 0.1) is 12.8 Å². The van der Waals surface area contributed by atoms with Crippen LogP contribution in [0.2, 0.25) is 5.02 Å². The summed E-state index contributed by atoms with van der Waals surface area (Å²) < 4.78 is 5.46. The van der Waals surface area contributed by atoms with Crippen molar-refractivity contribution in [2.75, 3.05) is 18.4 Å². The molecule has 0 bridgehead atoms. The quantitative estimate of drug-likeness (QED) is 0.849. The molecule has 1 aromatic rings. The summed E-state index contributed by atoms with van der Waals surface area (Å²) in [7, 11) is 0. The molecule has 1 fully saturated rings. The maximum Gasteiger partial charge on any atom is 0.410 e. The number of carbonyl (C=O) groups excluding carboxylic acids is 1. The number of nitrogens with zero attached hydrogens (tertiary/aromatic N) is 1. The molecule has 2 atom stereocenters. The number of amides is 1. The summed E-state index contributed by atoms with van der Waals surface area (Å²) in [6.07, 6.45) is 0.688. The summed E-state index contributed by atoms with van der Waals surface area (Å²) >= 11 is 6.01. The monoisotopic (exact) mass is 338 g/mol. The third kappa shape index (κ3) is 5.03. The van der Waals surface area contributed by atoms with E-state index in [4.69, 9.17) is 16.3 Å². The molecule has 128 valence electrons. The van der Waals surface area contributed by atoms with Gasteiger partial charge in [0.15, 0.2) is 0 Å². The van der Waals surface area contributed by atoms with Gasteiger partial charge in [-0.15, -0.1) is 0 Å². The van der Waals surface area contributed by atoms with Crippen LogP contribution in [0.3, 0.4) is 0 Å². The summed E-state index contributed by atoms with van der Waals surface area (Å²) in [6.45, 7) is 11.3. The first-order valence-electron chi connectivity index (χ1n) is 8.16. The van der Waals surface area contributed by atoms with E-state index in [9.17, 15) is 4.79 Å². The smallest absolute Gasteiger partial charge is 0.410 e. The summed E-state index contributed by atoms with van der Waals surface area (Å²) in [4.78, 5) is 14.0. The number of hydrogen-bond acceptors (Lipinski definition) is 3. The molecule has 1 N–H and O–H groups in total. The van der Waals surface area contributed by atoms with E-state index in [0.717, 1.165) is 22.7 Å². The molecule has 4 nitrogen and oxygen atoms in total. The van der Waals surface area contributed by atoms with Gasteiger partial charge in [-0.2, -0.15) is 0 Å². The topological polar surface area (TPSA) is 41.6 Å². The molecule has 0 aromatic heterocycles. The highest BCUT2D eigenvalue weighted by Crippen LogP contribution is 2.26. The molecule has 1 aliphatic heterocycles. The van der Waals surface area contributed by atoms with Gasteiger partial charge in [0.1, 0.15) is 5.60 Å². The Hall–Kier alpha value is -1.42. The van der Waals surface area contributed by atoms with Crippen molar-refractivity contribution in [1.29, 1.82) is 0 Å². The molecule has 0 saturated carbocycles. The van der Waals surface area contributed by atoms with Crippen molar-refractivity contribution in [3.05, 3.63) is 28.8 Å². The van der Waals surface area contributed by atoms with Gasteiger partial charge in [0.25, 0.3) is 0 Å². The van der Waals surface area contributed by atoms with E-state index < -0.39 is 5.60 Å². The van der Waals surface area contributed by atoms with Crippen LogP contribution in [-0.2, 0) is 4.74 Å². The van der Waals surface area contributed by atoms with Gasteiger partial charge in [0, 0.05) is 29.8 Å². The first-order valence-corrected chi connectivity index (χ1v) is 8.54. The molecule has 1 saturated heterocycles. The van der Waals surface area contributed by atoms with Gasteiger partial charge < -0.3 is 15.0 Å². The third-order valence-corrected chi connectivity index (χ3v) is 4.32. The molecule has 1 aromatic carbocycles. The van der Waals surface area contributed by atoms with Crippen molar-refractivity contribution in [3.8, 4) is 0 Å². The first kappa shape index (κ1) is 17.9. The predicted octanol–water partition coefficient (Wildman–Crippen LogP) is 4.71. The summed E-state index contributed by atoms with van der Waals surface area (Å²) in [5.41, 5.74) is 1.80. The third-order valence-electron chi connectivity index (χ3n) is 4.09. The minimum absolute atomic E-state index is 0.217. The summed E-state index contributed by atoms with van der Waals surface area (Å²) in [5, 5.41) is 4.35. The van der Waals surface area contributed by atoms with E-state index in [1.165, 1.54) is 0 Å². The Bertz CT molecular complexity index is 569. The van der Waals surface area contributed by atoms with Gasteiger partial charge in [0.2, 0.25) is 0 Å². The lowest BCUT2D eigenvalue weighted by atomic mass is 9.93. The zero-order valence-electron chi connectivity index (χ0n) is 14.6. The van der Waals surface area contributed by atoms with Gasteiger partial charge in [-0.1, -0.05) is 18.5 Å². The van der Waals surface area contributed by atoms with Gasteiger partial charge in [-0.3, -0.25) is 0 Å². The Balaban J connectivity index is 1.95. The van der Waals surface area contributed by atoms with Crippen molar-refractivity contribution in [2.24, 2.45) is 5.92 Å². The van der Waals surface area contributed by atoms with Crippen molar-refractivity contribution in [1.82, 2.24) is 4.90 Å². The second-order valence-electron chi connectivity index (χ2n) is 7.40. The fourth-order valence-electron chi connectivity index (χ4n) is 2.84. The molecule has 1 amide bonds. The molecule has 0 radical (unpaired) electrons. The minimum Gasteiger partial charge on any atom is -0.444 e. The number of hydrogen-bond donors (Lipinski definition) is 1. The van der Waals surface area contributed by atoms with Crippen LogP contribution >= 0.6 is 11.6 Å². The highest BCUT2D eigenvalue weighted by Gasteiger charge is 2.31. The number of piperidine rings is 1. The normalized spacial score (nSPS) is 21.9. The Kier molecular flexibility index (Phi) is 5.45. The number of aryl methyl sites for hydroxylation is 1. The van der Waals surface area contributed by atoms with Crippen LogP contribution in [0.5, 0.6) is 0 Å². The van der Waals surface area contributed by atoms with E-state index >= 15 is 0 Å². The van der Waals surface area contributed by atoms with Gasteiger partial charge in [-0.25, -0.2) is 4.79 Å². The zero-order chi connectivity index (χ0) is 17.2. The summed E-state index contributed by atoms with van der Waals surface area (Å²) in [5.74, 6) is 0.353. The van der Waals surface area contributed by atoms with Gasteiger partial charge in [-0.05, 0) is 63.8 Å². The molecule has 23 heavy (non-hydrogen) atoms. The average molecular weight is 339 g/mol. The first-order chi connectivity index (χ1) is 10.7. The number of nitrogens with one attached hydrogen (secondary N) is 1. The van der Waals surface area contributed by atoms with Crippen molar-refractivity contribution >= 4 is 23.4 Å². The van der Waals surface area contributed by atoms with E-state index in [0.29, 0.717) is 25.0 Å². The second-order valence-corrected chi connectivity index (χ2v) is 7.84. The van der Waals surface area contributed by atoms with Crippen molar-refractivity contribution in [3.63, 3.8) is 0 Å². The minimum atomic E-state index is -0.449. The standard InChI is InChI=1S/C18H27ClN2O2/c1-12-10-14(19)6-7-15(12)20-16-8-9-21(11-13(16)2)17(22)23-18(3,4)5/h6-7,10,13,16,20H,8-9,11H2,1-5H3/t13-,16+/m0/s1. The van der Waals surface area contributed by atoms with Gasteiger partial charge >= 0.3 is 6.09 Å². The number of anilines is 1. The van der Waals surface area contributed by atoms with Crippen LogP contribution in [0.1, 0.15) is 39.7 Å². The molecular formula is C18H27ClN2O2. The maximum atomic E-state index is 12.2. The lowest BCUT2D eigenvalue weighted by Crippen LogP contribution is -2.49. The number of rotatable bonds is 2. The summed E-state index contributed by atoms with van der Waals surface area (Å²) in [6, 6.07) is 6.22. The van der Waals surface area contributed by atoms with Crippen molar-refractivity contribution in [2.45, 2.75) is 52.7 Å². The van der Waals surface area contributed by atoms with E-state index in [1.807, 2.05) is 43.9 Å². The van der Waals surface area contributed by atoms with Gasteiger partial charge in [0.05, 0.1) is 0 Å². The van der Waals surface area contributed by atoms with Crippen LogP contribution < -0.4 is 5.32 Å². The molecule has 1 aliphatic rings. The molecule has 0 unspecified atom stereocenters. The molecule has 2 rings (SSSR count). The number of carbonyl (C=O) groups is 1.